The third kappa shape index (κ3) is 9.17. The van der Waals surface area contributed by atoms with Gasteiger partial charge in [0, 0.05) is 59.0 Å². The van der Waals surface area contributed by atoms with E-state index in [4.69, 9.17) is 26.1 Å². The van der Waals surface area contributed by atoms with E-state index in [2.05, 4.69) is 144 Å². The highest BCUT2D eigenvalue weighted by molar-refractivity contribution is 6.33. The maximum absolute atomic E-state index is 7.48. The van der Waals surface area contributed by atoms with Crippen LogP contribution in [0.15, 0.2) is 145 Å². The molecule has 2 fully saturated rings. The molecular weight excluding hydrogens is 812 g/mol. The first-order valence-electron chi connectivity index (χ1n) is 22.8. The smallest absolute Gasteiger partial charge is 0.216 e. The molecular formula is C55H57ClN6O2. The van der Waals surface area contributed by atoms with E-state index in [1.807, 2.05) is 36.7 Å². The molecule has 3 aliphatic heterocycles. The van der Waals surface area contributed by atoms with Gasteiger partial charge in [-0.2, -0.15) is 0 Å². The molecule has 4 atom stereocenters. The number of piperidine rings is 1. The first-order valence-corrected chi connectivity index (χ1v) is 23.1. The molecule has 0 bridgehead atoms. The topological polar surface area (TPSA) is 93.5 Å². The van der Waals surface area contributed by atoms with Crippen LogP contribution in [0.4, 0.5) is 5.69 Å². The van der Waals surface area contributed by atoms with Gasteiger partial charge in [-0.25, -0.2) is 9.97 Å². The number of pyridine rings is 1. The Morgan fingerprint density at radius 1 is 0.656 bits per heavy atom. The lowest BCUT2D eigenvalue weighted by Crippen LogP contribution is -2.57. The Labute approximate surface area is 382 Å². The zero-order chi connectivity index (χ0) is 43.9. The molecule has 0 aliphatic carbocycles. The Balaban J connectivity index is 0.000000270. The van der Waals surface area contributed by atoms with Gasteiger partial charge in [0.25, 0.3) is 0 Å². The largest absolute Gasteiger partial charge is 0.344 e. The number of aliphatic imine (C=N–C) groups is 1. The Hall–Kier alpha value is -5.61. The summed E-state index contributed by atoms with van der Waals surface area (Å²) in [6.45, 7) is 9.64. The molecule has 3 aliphatic rings. The van der Waals surface area contributed by atoms with E-state index >= 15 is 0 Å². The molecule has 2 N–H and O–H groups in total. The van der Waals surface area contributed by atoms with E-state index in [1.54, 1.807) is 6.20 Å². The van der Waals surface area contributed by atoms with Crippen molar-refractivity contribution in [2.45, 2.75) is 82.6 Å². The van der Waals surface area contributed by atoms with E-state index < -0.39 is 11.2 Å². The number of rotatable bonds is 12. The minimum Gasteiger partial charge on any atom is -0.344 e. The van der Waals surface area contributed by atoms with Crippen molar-refractivity contribution in [3.8, 4) is 22.3 Å². The summed E-state index contributed by atoms with van der Waals surface area (Å²) in [5.74, 6) is -1.23. The molecule has 0 spiro atoms. The molecule has 2 aromatic heterocycles. The third-order valence-electron chi connectivity index (χ3n) is 13.0. The maximum atomic E-state index is 7.48. The lowest BCUT2D eigenvalue weighted by atomic mass is 9.64. The number of hydrogen-bond donors (Lipinski definition) is 2. The second-order valence-corrected chi connectivity index (χ2v) is 17.9. The minimum absolute atomic E-state index is 0.423. The Morgan fingerprint density at radius 2 is 1.42 bits per heavy atom. The highest BCUT2D eigenvalue weighted by atomic mass is 35.5. The Kier molecular flexibility index (Phi) is 13.4. The molecule has 9 heteroatoms. The summed E-state index contributed by atoms with van der Waals surface area (Å²) in [7, 11) is 0. The quantitative estimate of drug-likeness (QED) is 0.118. The van der Waals surface area contributed by atoms with Crippen molar-refractivity contribution in [2.75, 3.05) is 26.3 Å². The SMILES string of the molecule is Cc1cccc(-c2cc3c(cc2Cl)N=CC(c2ccccc2)(c2cc(C)cc(C)c2)C3(OCCC2CCCCN2)OCCC2CCN2)c1.c1cnc2ccc(-c3cncnc3)cc2c1. The van der Waals surface area contributed by atoms with Crippen molar-refractivity contribution in [1.29, 1.82) is 0 Å². The van der Waals surface area contributed by atoms with Crippen LogP contribution >= 0.6 is 11.6 Å². The summed E-state index contributed by atoms with van der Waals surface area (Å²) in [6, 6.07) is 41.2. The van der Waals surface area contributed by atoms with Crippen LogP contribution in [0.1, 0.15) is 71.9 Å². The van der Waals surface area contributed by atoms with Crippen molar-refractivity contribution in [1.82, 2.24) is 25.6 Å². The van der Waals surface area contributed by atoms with Gasteiger partial charge in [0.05, 0.1) is 29.4 Å². The molecule has 5 aromatic carbocycles. The lowest BCUT2D eigenvalue weighted by Gasteiger charge is -2.51. The molecule has 2 saturated heterocycles. The number of nitrogens with zero attached hydrogens (tertiary/aromatic N) is 4. The molecule has 8 nitrogen and oxygen atoms in total. The predicted octanol–water partition coefficient (Wildman–Crippen LogP) is 11.8. The molecule has 326 valence electrons. The lowest BCUT2D eigenvalue weighted by molar-refractivity contribution is -0.269. The molecule has 4 unspecified atom stereocenters. The minimum atomic E-state index is -1.23. The number of ether oxygens (including phenoxy) is 2. The van der Waals surface area contributed by atoms with E-state index in [1.165, 1.54) is 35.9 Å². The standard InChI is InChI=1S/C42H48ClN3O2.C13H9N3/c1-29-10-9-11-32(23-29)37-26-38-40(27-39(37)43)46-28-41(33-12-5-4-6-13-33,34-24-30(2)22-31(3)25-34)42(38,48-21-17-36-15-19-45-36)47-20-16-35-14-7-8-18-44-35;1-2-11-6-10(3-4-13(11)16-5-1)12-7-14-9-15-8-12/h4-6,9-13,22-28,35-36,44-45H,7-8,14-21H2,1-3H3;1-9H. The number of aromatic nitrogens is 3. The van der Waals surface area contributed by atoms with Crippen molar-refractivity contribution >= 4 is 34.4 Å². The summed E-state index contributed by atoms with van der Waals surface area (Å²) in [6.07, 6.45) is 15.6. The molecule has 64 heavy (non-hydrogen) atoms. The van der Waals surface area contributed by atoms with Crippen LogP contribution in [-0.2, 0) is 20.7 Å². The summed E-state index contributed by atoms with van der Waals surface area (Å²) >= 11 is 7.09. The Bertz CT molecular complexity index is 2700. The van der Waals surface area contributed by atoms with E-state index in [9.17, 15) is 0 Å². The molecule has 0 radical (unpaired) electrons. The summed E-state index contributed by atoms with van der Waals surface area (Å²) < 4.78 is 14.9. The van der Waals surface area contributed by atoms with Gasteiger partial charge in [-0.05, 0) is 119 Å². The number of halogens is 1. The van der Waals surface area contributed by atoms with E-state index in [-0.39, 0.29) is 0 Å². The fraction of sp³-hybridized carbons (Fsp3) is 0.309. The molecule has 0 amide bonds. The van der Waals surface area contributed by atoms with Crippen molar-refractivity contribution in [2.24, 2.45) is 4.99 Å². The number of aryl methyl sites for hydroxylation is 3. The number of nitrogens with one attached hydrogen (secondary N) is 2. The number of fused-ring (bicyclic) bond motifs is 2. The van der Waals surface area contributed by atoms with E-state index in [0.29, 0.717) is 30.3 Å². The van der Waals surface area contributed by atoms with E-state index in [0.717, 1.165) is 94.3 Å². The summed E-state index contributed by atoms with van der Waals surface area (Å²) in [5.41, 5.74) is 11.7. The normalized spacial score (nSPS) is 21.4. The first-order chi connectivity index (χ1) is 31.3. The van der Waals surface area contributed by atoms with Gasteiger partial charge in [0.2, 0.25) is 5.79 Å². The van der Waals surface area contributed by atoms with Crippen molar-refractivity contribution in [3.05, 3.63) is 179 Å². The zero-order valence-corrected chi connectivity index (χ0v) is 37.8. The van der Waals surface area contributed by atoms with Gasteiger partial charge in [0.15, 0.2) is 0 Å². The number of benzene rings is 5. The van der Waals surface area contributed by atoms with Crippen LogP contribution < -0.4 is 10.6 Å². The third-order valence-corrected chi connectivity index (χ3v) is 13.3. The average molecular weight is 870 g/mol. The summed E-state index contributed by atoms with van der Waals surface area (Å²) in [4.78, 5) is 17.6. The predicted molar refractivity (Wildman–Crippen MR) is 261 cm³/mol. The van der Waals surface area contributed by atoms with Crippen molar-refractivity contribution < 1.29 is 9.47 Å². The number of hydrogen-bond acceptors (Lipinski definition) is 8. The van der Waals surface area contributed by atoms with Gasteiger partial charge in [0.1, 0.15) is 11.7 Å². The summed E-state index contributed by atoms with van der Waals surface area (Å²) in [5, 5.41) is 9.09. The highest BCUT2D eigenvalue weighted by Gasteiger charge is 2.59. The highest BCUT2D eigenvalue weighted by Crippen LogP contribution is 2.56. The van der Waals surface area contributed by atoms with Crippen LogP contribution in [0.2, 0.25) is 5.02 Å². The van der Waals surface area contributed by atoms with Gasteiger partial charge < -0.3 is 20.1 Å². The van der Waals surface area contributed by atoms with Crippen LogP contribution in [0, 0.1) is 20.8 Å². The molecule has 5 heterocycles. The first kappa shape index (κ1) is 43.6. The van der Waals surface area contributed by atoms with Crippen LogP contribution in [0.3, 0.4) is 0 Å². The monoisotopic (exact) mass is 868 g/mol. The fourth-order valence-corrected chi connectivity index (χ4v) is 9.88. The molecule has 0 saturated carbocycles. The van der Waals surface area contributed by atoms with Gasteiger partial charge in [-0.15, -0.1) is 0 Å². The average Bonchev–Trinajstić information content (AvgIpc) is 3.30. The van der Waals surface area contributed by atoms with Gasteiger partial charge in [-0.1, -0.05) is 120 Å². The van der Waals surface area contributed by atoms with Crippen LogP contribution in [0.25, 0.3) is 33.2 Å². The zero-order valence-electron chi connectivity index (χ0n) is 37.1. The van der Waals surface area contributed by atoms with Gasteiger partial charge in [-0.3, -0.25) is 9.98 Å². The van der Waals surface area contributed by atoms with Crippen LogP contribution in [-0.4, -0.2) is 59.6 Å². The molecule has 7 aromatic rings. The maximum Gasteiger partial charge on any atom is 0.216 e. The Morgan fingerprint density at radius 3 is 2.12 bits per heavy atom. The van der Waals surface area contributed by atoms with Crippen molar-refractivity contribution in [3.63, 3.8) is 0 Å². The second-order valence-electron chi connectivity index (χ2n) is 17.5. The van der Waals surface area contributed by atoms with Gasteiger partial charge >= 0.3 is 0 Å². The molecule has 10 rings (SSSR count). The fourth-order valence-electron chi connectivity index (χ4n) is 9.61. The van der Waals surface area contributed by atoms with Crippen LogP contribution in [0.5, 0.6) is 0 Å². The second kappa shape index (κ2) is 19.6.